The summed E-state index contributed by atoms with van der Waals surface area (Å²) < 4.78 is 12.1. The van der Waals surface area contributed by atoms with E-state index < -0.39 is 28.8 Å². The highest BCUT2D eigenvalue weighted by atomic mass is 16.5. The van der Waals surface area contributed by atoms with E-state index in [2.05, 4.69) is 87.8 Å². The quantitative estimate of drug-likeness (QED) is 0.185. The van der Waals surface area contributed by atoms with Gasteiger partial charge in [0.25, 0.3) is 0 Å². The van der Waals surface area contributed by atoms with Crippen molar-refractivity contribution in [2.75, 3.05) is 50.8 Å². The van der Waals surface area contributed by atoms with Crippen molar-refractivity contribution in [3.63, 3.8) is 0 Å². The van der Waals surface area contributed by atoms with E-state index in [9.17, 15) is 24.6 Å². The summed E-state index contributed by atoms with van der Waals surface area (Å²) in [5.74, 6) is -1.28. The molecule has 0 bridgehead atoms. The molecule has 10 heteroatoms. The molecule has 2 aliphatic heterocycles. The number of anilines is 1. The van der Waals surface area contributed by atoms with Crippen LogP contribution in [0.1, 0.15) is 151 Å². The van der Waals surface area contributed by atoms with Crippen molar-refractivity contribution in [1.29, 1.82) is 0 Å². The van der Waals surface area contributed by atoms with E-state index in [0.29, 0.717) is 32.0 Å². The molecular formula is C56H83N3O7. The van der Waals surface area contributed by atoms with Crippen LogP contribution in [0.25, 0.3) is 0 Å². The summed E-state index contributed by atoms with van der Waals surface area (Å²) in [4.78, 5) is 45.2. The van der Waals surface area contributed by atoms with Crippen molar-refractivity contribution in [1.82, 2.24) is 10.2 Å². The van der Waals surface area contributed by atoms with E-state index in [1.807, 2.05) is 13.8 Å². The first-order valence-corrected chi connectivity index (χ1v) is 26.4. The van der Waals surface area contributed by atoms with Gasteiger partial charge in [-0.2, -0.15) is 0 Å². The van der Waals surface area contributed by atoms with Gasteiger partial charge in [-0.1, -0.05) is 80.0 Å². The van der Waals surface area contributed by atoms with Crippen LogP contribution in [0, 0.1) is 67.0 Å². The number of esters is 1. The number of nitrogens with zero attached hydrogens (tertiary/aromatic N) is 2. The zero-order chi connectivity index (χ0) is 47.0. The van der Waals surface area contributed by atoms with Crippen LogP contribution in [0.4, 0.5) is 5.69 Å². The van der Waals surface area contributed by atoms with E-state index in [0.717, 1.165) is 103 Å². The molecule has 0 radical (unpaired) electrons. The molecule has 8 fully saturated rings. The number of rotatable bonds is 11. The lowest BCUT2D eigenvalue weighted by atomic mass is 9.28. The number of nitrogens with one attached hydrogen (secondary N) is 1. The normalized spacial score (nSPS) is 43.5. The Kier molecular flexibility index (Phi) is 11.3. The fraction of sp³-hybridized carbons (Fsp3) is 0.804. The summed E-state index contributed by atoms with van der Waals surface area (Å²) in [6.45, 7) is 28.2. The maximum absolute atomic E-state index is 14.4. The Morgan fingerprint density at radius 3 is 2.15 bits per heavy atom. The molecule has 10 nitrogen and oxygen atoms in total. The maximum Gasteiger partial charge on any atom is 0.309 e. The fourth-order valence-electron chi connectivity index (χ4n) is 18.3. The molecule has 0 amide bonds. The number of aliphatic hydroxyl groups is 1. The zero-order valence-electron chi connectivity index (χ0n) is 42.0. The molecule has 10 rings (SSSR count). The monoisotopic (exact) mass is 910 g/mol. The predicted molar refractivity (Wildman–Crippen MR) is 257 cm³/mol. The Morgan fingerprint density at radius 1 is 0.818 bits per heavy atom. The van der Waals surface area contributed by atoms with Crippen LogP contribution < -0.4 is 10.2 Å². The van der Waals surface area contributed by atoms with Gasteiger partial charge in [0.15, 0.2) is 5.78 Å². The van der Waals surface area contributed by atoms with Gasteiger partial charge >= 0.3 is 11.9 Å². The SMILES string of the molecule is CC(C)C1=C2[C@H]3CC[C@]4(C)[C@@]5(C)CC[C@H](OC(=O)[C@H]6CC(C(=O)O)C6(C)C)[C@@]6(C)C[C@@]56CC[C@@]4(C)[C@]3(C)CC[C@@]2([C@@H](O)CNCc2ccc(N3CCC(N4CCOCC4)CC3)cc2)CC1=O. The van der Waals surface area contributed by atoms with Crippen LogP contribution in [-0.4, -0.2) is 97.0 Å². The second-order valence-corrected chi connectivity index (χ2v) is 25.6. The highest BCUT2D eigenvalue weighted by Crippen LogP contribution is 2.90. The molecule has 1 aromatic rings. The lowest BCUT2D eigenvalue weighted by molar-refractivity contribution is -0.270. The van der Waals surface area contributed by atoms with Crippen molar-refractivity contribution in [3.8, 4) is 0 Å². The minimum atomic E-state index is -0.820. The van der Waals surface area contributed by atoms with E-state index in [-0.39, 0.29) is 68.1 Å². The summed E-state index contributed by atoms with van der Waals surface area (Å²) in [5, 5.41) is 25.9. The first-order valence-electron chi connectivity index (χ1n) is 26.4. The lowest BCUT2D eigenvalue weighted by Gasteiger charge is -2.76. The average Bonchev–Trinajstić information content (AvgIpc) is 3.81. The molecular weight excluding hydrogens is 827 g/mol. The number of piperidine rings is 1. The minimum Gasteiger partial charge on any atom is -0.481 e. The third-order valence-corrected chi connectivity index (χ3v) is 23.1. The average molecular weight is 910 g/mol. The number of allylic oxidation sites excluding steroid dienone is 1. The van der Waals surface area contributed by atoms with Gasteiger partial charge in [0, 0.05) is 68.2 Å². The molecule has 7 aliphatic carbocycles. The first kappa shape index (κ1) is 46.9. The number of Topliss-reactive ketones (excluding diaryl/α,β-unsaturated/α-hetero) is 1. The Bertz CT molecular complexity index is 2140. The third kappa shape index (κ3) is 6.33. The molecule has 6 saturated carbocycles. The summed E-state index contributed by atoms with van der Waals surface area (Å²) in [5.41, 5.74) is 3.76. The fourth-order valence-corrected chi connectivity index (χ4v) is 18.3. The molecule has 1 spiro atoms. The summed E-state index contributed by atoms with van der Waals surface area (Å²) in [7, 11) is 0. The van der Waals surface area contributed by atoms with Gasteiger partial charge < -0.3 is 29.9 Å². The second-order valence-electron chi connectivity index (χ2n) is 25.6. The van der Waals surface area contributed by atoms with Crippen LogP contribution in [0.2, 0.25) is 0 Å². The number of benzene rings is 1. The number of hydrogen-bond acceptors (Lipinski definition) is 9. The topological polar surface area (TPSA) is 129 Å². The standard InChI is InChI=1S/C56H83N3O7/c1-35(2)45-42(60)31-55(43(61)33-57-32-36-10-12-37(13-11-36)58-24-16-38(17-25-58)59-26-28-65-29-27-59)22-20-50(5)39(46(45)55)14-18-53(8)52(50,7)21-23-56-34-51(56,6)44(15-19-54(53,56)9)66-48(64)41-30-40(47(62)63)49(41,3)4/h10-13,35,38-41,43-44,57,61H,14-34H2,1-9H3,(H,62,63)/t39-,40?,41-,43+,44+,50-,51-,52+,53+,54-,55+,56-/m1/s1. The number of carboxylic acids is 1. The van der Waals surface area contributed by atoms with Gasteiger partial charge in [-0.25, -0.2) is 0 Å². The molecule has 1 aromatic carbocycles. The Balaban J connectivity index is 0.828. The summed E-state index contributed by atoms with van der Waals surface area (Å²) in [6, 6.07) is 9.66. The molecule has 1 unspecified atom stereocenters. The van der Waals surface area contributed by atoms with Crippen molar-refractivity contribution in [2.45, 2.75) is 171 Å². The Morgan fingerprint density at radius 2 is 1.50 bits per heavy atom. The third-order valence-electron chi connectivity index (χ3n) is 23.1. The summed E-state index contributed by atoms with van der Waals surface area (Å²) >= 11 is 0. The van der Waals surface area contributed by atoms with E-state index in [1.165, 1.54) is 29.7 Å². The molecule has 364 valence electrons. The number of carboxylic acid groups (broad SMARTS) is 1. The van der Waals surface area contributed by atoms with Crippen LogP contribution in [-0.2, 0) is 30.4 Å². The number of hydrogen-bond donors (Lipinski definition) is 3. The van der Waals surface area contributed by atoms with Gasteiger partial charge in [-0.05, 0) is 145 Å². The van der Waals surface area contributed by atoms with Crippen molar-refractivity contribution in [3.05, 3.63) is 41.0 Å². The van der Waals surface area contributed by atoms with Gasteiger partial charge in [-0.15, -0.1) is 0 Å². The van der Waals surface area contributed by atoms with Crippen LogP contribution >= 0.6 is 0 Å². The van der Waals surface area contributed by atoms with E-state index in [1.54, 1.807) is 0 Å². The molecule has 2 heterocycles. The van der Waals surface area contributed by atoms with Gasteiger partial charge in [0.05, 0.1) is 31.2 Å². The molecule has 66 heavy (non-hydrogen) atoms. The number of aliphatic hydroxyl groups excluding tert-OH is 1. The molecule has 2 saturated heterocycles. The number of carbonyl (C=O) groups is 3. The minimum absolute atomic E-state index is 0.0125. The number of carbonyl (C=O) groups excluding carboxylic acids is 2. The number of aliphatic carboxylic acids is 1. The maximum atomic E-state index is 14.4. The second kappa shape index (κ2) is 15.9. The summed E-state index contributed by atoms with van der Waals surface area (Å²) in [6.07, 6.45) is 11.5. The Hall–Kier alpha value is -2.79. The van der Waals surface area contributed by atoms with Gasteiger partial charge in [-0.3, -0.25) is 19.3 Å². The van der Waals surface area contributed by atoms with Crippen LogP contribution in [0.5, 0.6) is 0 Å². The van der Waals surface area contributed by atoms with Crippen molar-refractivity contribution >= 4 is 23.4 Å². The number of ketones is 1. The molecule has 3 N–H and O–H groups in total. The number of morpholine rings is 1. The van der Waals surface area contributed by atoms with Crippen LogP contribution in [0.3, 0.4) is 0 Å². The van der Waals surface area contributed by atoms with E-state index in [4.69, 9.17) is 9.47 Å². The first-order chi connectivity index (χ1) is 31.1. The van der Waals surface area contributed by atoms with Crippen molar-refractivity contribution in [2.24, 2.45) is 67.0 Å². The number of ether oxygens (including phenoxy) is 2. The van der Waals surface area contributed by atoms with E-state index >= 15 is 0 Å². The molecule has 12 atom stereocenters. The number of fused-ring (bicyclic) bond motifs is 6. The molecule has 0 aromatic heterocycles. The predicted octanol–water partition coefficient (Wildman–Crippen LogP) is 9.22. The lowest BCUT2D eigenvalue weighted by Crippen LogP contribution is -2.70. The zero-order valence-corrected chi connectivity index (χ0v) is 42.0. The Labute approximate surface area is 395 Å². The molecule has 9 aliphatic rings. The van der Waals surface area contributed by atoms with Gasteiger partial charge in [0.2, 0.25) is 0 Å². The van der Waals surface area contributed by atoms with Gasteiger partial charge in [0.1, 0.15) is 6.10 Å². The smallest absolute Gasteiger partial charge is 0.309 e. The van der Waals surface area contributed by atoms with Crippen LogP contribution in [0.15, 0.2) is 35.4 Å². The largest absolute Gasteiger partial charge is 0.481 e. The highest BCUT2D eigenvalue weighted by molar-refractivity contribution is 6.00. The highest BCUT2D eigenvalue weighted by Gasteiger charge is 2.85. The van der Waals surface area contributed by atoms with Crippen molar-refractivity contribution < 1.29 is 34.1 Å².